The highest BCUT2D eigenvalue weighted by atomic mass is 16.5. The number of hydrogen-bond acceptors (Lipinski definition) is 5. The minimum absolute atomic E-state index is 0.0269. The van der Waals surface area contributed by atoms with Crippen molar-refractivity contribution in [3.8, 4) is 11.5 Å². The zero-order chi connectivity index (χ0) is 15.9. The van der Waals surface area contributed by atoms with E-state index < -0.39 is 12.0 Å². The first-order chi connectivity index (χ1) is 10.6. The average Bonchev–Trinajstić information content (AvgIpc) is 2.56. The molecule has 1 unspecified atom stereocenters. The Bertz CT molecular complexity index is 671. The third-order valence-corrected chi connectivity index (χ3v) is 2.98. The van der Waals surface area contributed by atoms with Gasteiger partial charge in [0.1, 0.15) is 11.5 Å². The molecule has 114 valence electrons. The van der Waals surface area contributed by atoms with Crippen LogP contribution < -0.4 is 10.2 Å². The van der Waals surface area contributed by atoms with Crippen molar-refractivity contribution in [2.45, 2.75) is 6.10 Å². The largest absolute Gasteiger partial charge is 0.507 e. The van der Waals surface area contributed by atoms with Crippen LogP contribution in [0, 0.1) is 0 Å². The van der Waals surface area contributed by atoms with Gasteiger partial charge in [0.05, 0.1) is 13.3 Å². The van der Waals surface area contributed by atoms with E-state index in [0.29, 0.717) is 16.9 Å². The van der Waals surface area contributed by atoms with E-state index in [-0.39, 0.29) is 5.75 Å². The standard InChI is InChI=1S/C16H16N2O4/c1-22-13-8-7-12(14(19)9-13)10-17-18-16(21)15(20)11-5-3-2-4-6-11/h2-10,15,19-20H,1H3,(H,18,21). The monoisotopic (exact) mass is 300 g/mol. The van der Waals surface area contributed by atoms with Crippen LogP contribution in [0.3, 0.4) is 0 Å². The van der Waals surface area contributed by atoms with Crippen LogP contribution >= 0.6 is 0 Å². The van der Waals surface area contributed by atoms with Gasteiger partial charge >= 0.3 is 0 Å². The number of hydrazone groups is 1. The third kappa shape index (κ3) is 3.83. The molecule has 6 heteroatoms. The summed E-state index contributed by atoms with van der Waals surface area (Å²) in [7, 11) is 1.49. The zero-order valence-electron chi connectivity index (χ0n) is 11.9. The number of nitrogens with zero attached hydrogens (tertiary/aromatic N) is 1. The molecule has 0 aliphatic rings. The molecule has 1 amide bonds. The van der Waals surface area contributed by atoms with E-state index in [4.69, 9.17) is 4.74 Å². The number of nitrogens with one attached hydrogen (secondary N) is 1. The number of carbonyl (C=O) groups excluding carboxylic acids is 1. The quantitative estimate of drug-likeness (QED) is 0.577. The Hall–Kier alpha value is -2.86. The van der Waals surface area contributed by atoms with E-state index in [9.17, 15) is 15.0 Å². The number of benzene rings is 2. The van der Waals surface area contributed by atoms with Crippen molar-refractivity contribution in [2.75, 3.05) is 7.11 Å². The summed E-state index contributed by atoms with van der Waals surface area (Å²) < 4.78 is 4.97. The Labute approximate surface area is 127 Å². The van der Waals surface area contributed by atoms with Gasteiger partial charge in [-0.05, 0) is 17.7 Å². The van der Waals surface area contributed by atoms with Gasteiger partial charge in [0.15, 0.2) is 6.10 Å². The van der Waals surface area contributed by atoms with E-state index >= 15 is 0 Å². The van der Waals surface area contributed by atoms with E-state index in [2.05, 4.69) is 10.5 Å². The molecule has 0 bridgehead atoms. The van der Waals surface area contributed by atoms with Crippen LogP contribution in [-0.4, -0.2) is 29.4 Å². The maximum atomic E-state index is 11.8. The second-order valence-corrected chi connectivity index (χ2v) is 4.47. The lowest BCUT2D eigenvalue weighted by atomic mass is 10.1. The highest BCUT2D eigenvalue weighted by Crippen LogP contribution is 2.21. The Morgan fingerprint density at radius 2 is 2.00 bits per heavy atom. The number of hydrogen-bond donors (Lipinski definition) is 3. The number of aliphatic hydroxyl groups is 1. The molecule has 0 spiro atoms. The summed E-state index contributed by atoms with van der Waals surface area (Å²) in [5.74, 6) is -0.172. The molecular weight excluding hydrogens is 284 g/mol. The zero-order valence-corrected chi connectivity index (χ0v) is 11.9. The highest BCUT2D eigenvalue weighted by Gasteiger charge is 2.15. The van der Waals surface area contributed by atoms with Gasteiger partial charge < -0.3 is 14.9 Å². The predicted molar refractivity (Wildman–Crippen MR) is 81.8 cm³/mol. The minimum atomic E-state index is -1.30. The molecule has 22 heavy (non-hydrogen) atoms. The summed E-state index contributed by atoms with van der Waals surface area (Å²) in [5, 5.41) is 23.3. The molecule has 0 radical (unpaired) electrons. The maximum absolute atomic E-state index is 11.8. The first-order valence-corrected chi connectivity index (χ1v) is 6.54. The molecule has 0 heterocycles. The number of amides is 1. The molecule has 0 saturated carbocycles. The van der Waals surface area contributed by atoms with Crippen molar-refractivity contribution in [2.24, 2.45) is 5.10 Å². The van der Waals surface area contributed by atoms with E-state index in [1.165, 1.54) is 19.4 Å². The average molecular weight is 300 g/mol. The fourth-order valence-corrected chi connectivity index (χ4v) is 1.77. The fourth-order valence-electron chi connectivity index (χ4n) is 1.77. The topological polar surface area (TPSA) is 91.2 Å². The van der Waals surface area contributed by atoms with E-state index in [0.717, 1.165) is 0 Å². The van der Waals surface area contributed by atoms with Crippen molar-refractivity contribution in [1.82, 2.24) is 5.43 Å². The van der Waals surface area contributed by atoms with E-state index in [1.807, 2.05) is 0 Å². The molecule has 0 aliphatic carbocycles. The molecule has 3 N–H and O–H groups in total. The van der Waals surface area contributed by atoms with Gasteiger partial charge in [-0.25, -0.2) is 5.43 Å². The molecule has 2 aromatic carbocycles. The summed E-state index contributed by atoms with van der Waals surface area (Å²) in [5.41, 5.74) is 3.11. The Kier molecular flexibility index (Phi) is 5.11. The number of ether oxygens (including phenoxy) is 1. The van der Waals surface area contributed by atoms with Gasteiger partial charge in [-0.3, -0.25) is 4.79 Å². The van der Waals surface area contributed by atoms with Gasteiger partial charge in [-0.15, -0.1) is 0 Å². The molecule has 1 atom stereocenters. The summed E-state index contributed by atoms with van der Waals surface area (Å²) in [6, 6.07) is 13.2. The lowest BCUT2D eigenvalue weighted by Gasteiger charge is -2.08. The van der Waals surface area contributed by atoms with Gasteiger partial charge in [-0.2, -0.15) is 5.10 Å². The summed E-state index contributed by atoms with van der Waals surface area (Å²) in [6.45, 7) is 0. The van der Waals surface area contributed by atoms with Crippen molar-refractivity contribution in [3.63, 3.8) is 0 Å². The molecular formula is C16H16N2O4. The second kappa shape index (κ2) is 7.24. The second-order valence-electron chi connectivity index (χ2n) is 4.47. The number of phenolic OH excluding ortho intramolecular Hbond substituents is 1. The minimum Gasteiger partial charge on any atom is -0.507 e. The van der Waals surface area contributed by atoms with Gasteiger partial charge in [0.2, 0.25) is 0 Å². The van der Waals surface area contributed by atoms with Crippen LogP contribution in [0.4, 0.5) is 0 Å². The summed E-state index contributed by atoms with van der Waals surface area (Å²) >= 11 is 0. The highest BCUT2D eigenvalue weighted by molar-refractivity contribution is 5.86. The first kappa shape index (κ1) is 15.5. The van der Waals surface area contributed by atoms with Crippen LogP contribution in [0.5, 0.6) is 11.5 Å². The molecule has 2 aromatic rings. The molecule has 2 rings (SSSR count). The van der Waals surface area contributed by atoms with Crippen molar-refractivity contribution in [3.05, 3.63) is 59.7 Å². The van der Waals surface area contributed by atoms with Crippen molar-refractivity contribution >= 4 is 12.1 Å². The number of carbonyl (C=O) groups is 1. The van der Waals surface area contributed by atoms with Gasteiger partial charge in [0, 0.05) is 11.6 Å². The lowest BCUT2D eigenvalue weighted by Crippen LogP contribution is -2.25. The Morgan fingerprint density at radius 3 is 2.64 bits per heavy atom. The van der Waals surface area contributed by atoms with Gasteiger partial charge in [-0.1, -0.05) is 30.3 Å². The summed E-state index contributed by atoms with van der Waals surface area (Å²) in [4.78, 5) is 11.8. The molecule has 0 aliphatic heterocycles. The van der Waals surface area contributed by atoms with Crippen LogP contribution in [0.2, 0.25) is 0 Å². The smallest absolute Gasteiger partial charge is 0.273 e. The number of aliphatic hydroxyl groups excluding tert-OH is 1. The first-order valence-electron chi connectivity index (χ1n) is 6.54. The van der Waals surface area contributed by atoms with Crippen molar-refractivity contribution < 1.29 is 19.7 Å². The molecule has 0 aromatic heterocycles. The normalized spacial score (nSPS) is 12.1. The van der Waals surface area contributed by atoms with Crippen LogP contribution in [0.1, 0.15) is 17.2 Å². The number of aromatic hydroxyl groups is 1. The third-order valence-electron chi connectivity index (χ3n) is 2.98. The molecule has 0 fully saturated rings. The number of phenols is 1. The SMILES string of the molecule is COc1ccc(C=NNC(=O)C(O)c2ccccc2)c(O)c1. The molecule has 0 saturated heterocycles. The van der Waals surface area contributed by atoms with Crippen LogP contribution in [0.25, 0.3) is 0 Å². The van der Waals surface area contributed by atoms with E-state index in [1.54, 1.807) is 42.5 Å². The van der Waals surface area contributed by atoms with Crippen LogP contribution in [-0.2, 0) is 4.79 Å². The van der Waals surface area contributed by atoms with Crippen molar-refractivity contribution in [1.29, 1.82) is 0 Å². The Morgan fingerprint density at radius 1 is 1.27 bits per heavy atom. The predicted octanol–water partition coefficient (Wildman–Crippen LogP) is 1.58. The molecule has 6 nitrogen and oxygen atoms in total. The summed E-state index contributed by atoms with van der Waals surface area (Å²) in [6.07, 6.45) is -0.0208. The number of methoxy groups -OCH3 is 1. The Balaban J connectivity index is 1.99. The lowest BCUT2D eigenvalue weighted by molar-refractivity contribution is -0.129. The van der Waals surface area contributed by atoms with Gasteiger partial charge in [0.25, 0.3) is 5.91 Å². The van der Waals surface area contributed by atoms with Crippen LogP contribution in [0.15, 0.2) is 53.6 Å². The maximum Gasteiger partial charge on any atom is 0.273 e. The number of rotatable bonds is 5. The fraction of sp³-hybridized carbons (Fsp3) is 0.125.